The van der Waals surface area contributed by atoms with Crippen molar-refractivity contribution in [3.8, 4) is 23.3 Å². The molecule has 0 saturated carbocycles. The quantitative estimate of drug-likeness (QED) is 0.532. The van der Waals surface area contributed by atoms with Crippen LogP contribution in [0.2, 0.25) is 10.0 Å². The van der Waals surface area contributed by atoms with Crippen molar-refractivity contribution in [1.82, 2.24) is 19.7 Å². The smallest absolute Gasteiger partial charge is 0.349 e. The van der Waals surface area contributed by atoms with Crippen molar-refractivity contribution >= 4 is 40.9 Å². The standard InChI is InChI=1S/C22H17Cl2N5O4S/c1-34-7-6-28-5-4-12-8-14(2-3-15(12)21(28)31)33-19-16(23)9-13(10-17(19)24)29-22(32)26-20(30)18(11-25)27-29/h2-3,8-10H,4-7H2,1H3,(H,26,30,32). The third-order valence-corrected chi connectivity index (χ3v) is 6.34. The molecule has 1 amide bonds. The summed E-state index contributed by atoms with van der Waals surface area (Å²) in [7, 11) is 0. The SMILES string of the molecule is CSCCN1CCc2cc(Oc3c(Cl)cc(-n4nc(C#N)c(=O)[nH]c4=O)cc3Cl)ccc2C1=O. The van der Waals surface area contributed by atoms with Crippen LogP contribution in [0.25, 0.3) is 5.69 Å². The van der Waals surface area contributed by atoms with Crippen molar-refractivity contribution in [2.45, 2.75) is 6.42 Å². The van der Waals surface area contributed by atoms with Crippen LogP contribution in [0.1, 0.15) is 21.6 Å². The Morgan fingerprint density at radius 2 is 1.94 bits per heavy atom. The second kappa shape index (κ2) is 9.93. The number of benzene rings is 2. The normalized spacial score (nSPS) is 12.9. The van der Waals surface area contributed by atoms with Gasteiger partial charge in [-0.1, -0.05) is 23.2 Å². The highest BCUT2D eigenvalue weighted by Crippen LogP contribution is 2.38. The zero-order chi connectivity index (χ0) is 24.4. The first kappa shape index (κ1) is 23.9. The lowest BCUT2D eigenvalue weighted by molar-refractivity contribution is 0.0750. The predicted octanol–water partition coefficient (Wildman–Crippen LogP) is 3.25. The first-order chi connectivity index (χ1) is 16.3. The van der Waals surface area contributed by atoms with E-state index in [0.717, 1.165) is 16.0 Å². The molecule has 0 spiro atoms. The molecule has 0 aliphatic carbocycles. The van der Waals surface area contributed by atoms with E-state index in [9.17, 15) is 14.4 Å². The average molecular weight is 518 g/mol. The molecule has 1 N–H and O–H groups in total. The minimum Gasteiger partial charge on any atom is -0.454 e. The molecular formula is C22H17Cl2N5O4S. The fourth-order valence-electron chi connectivity index (χ4n) is 3.52. The first-order valence-electron chi connectivity index (χ1n) is 10.0. The minimum absolute atomic E-state index is 0.00199. The highest BCUT2D eigenvalue weighted by Gasteiger charge is 2.24. The number of ether oxygens (including phenoxy) is 1. The zero-order valence-electron chi connectivity index (χ0n) is 17.8. The van der Waals surface area contributed by atoms with Crippen LogP contribution in [0.5, 0.6) is 11.5 Å². The Bertz CT molecular complexity index is 1420. The number of halogens is 2. The Morgan fingerprint density at radius 3 is 2.62 bits per heavy atom. The average Bonchev–Trinajstić information content (AvgIpc) is 2.81. The number of fused-ring (bicyclic) bond motifs is 1. The molecule has 0 unspecified atom stereocenters. The fourth-order valence-corrected chi connectivity index (χ4v) is 4.48. The van der Waals surface area contributed by atoms with Crippen LogP contribution in [0.15, 0.2) is 39.9 Å². The summed E-state index contributed by atoms with van der Waals surface area (Å²) < 4.78 is 6.72. The number of thioether (sulfide) groups is 1. The summed E-state index contributed by atoms with van der Waals surface area (Å²) in [4.78, 5) is 40.3. The highest BCUT2D eigenvalue weighted by molar-refractivity contribution is 7.98. The highest BCUT2D eigenvalue weighted by atomic mass is 35.5. The van der Waals surface area contributed by atoms with Gasteiger partial charge < -0.3 is 9.64 Å². The molecule has 174 valence electrons. The maximum absolute atomic E-state index is 12.7. The summed E-state index contributed by atoms with van der Waals surface area (Å²) in [6, 6.07) is 9.55. The first-order valence-corrected chi connectivity index (χ1v) is 12.2. The van der Waals surface area contributed by atoms with Crippen LogP contribution < -0.4 is 16.0 Å². The zero-order valence-corrected chi connectivity index (χ0v) is 20.1. The number of carbonyl (C=O) groups is 1. The number of hydrogen-bond acceptors (Lipinski definition) is 7. The molecule has 1 aromatic heterocycles. The summed E-state index contributed by atoms with van der Waals surface area (Å²) in [6.07, 6.45) is 2.71. The fraction of sp³-hybridized carbons (Fsp3) is 0.227. The van der Waals surface area contributed by atoms with Crippen LogP contribution in [-0.4, -0.2) is 50.7 Å². The monoisotopic (exact) mass is 517 g/mol. The van der Waals surface area contributed by atoms with Crippen LogP contribution in [-0.2, 0) is 6.42 Å². The van der Waals surface area contributed by atoms with E-state index in [0.29, 0.717) is 30.8 Å². The van der Waals surface area contributed by atoms with E-state index in [1.54, 1.807) is 36.0 Å². The molecule has 0 atom stereocenters. The van der Waals surface area contributed by atoms with Gasteiger partial charge in [-0.2, -0.15) is 21.7 Å². The van der Waals surface area contributed by atoms with Gasteiger partial charge in [0.15, 0.2) is 5.75 Å². The number of carbonyl (C=O) groups excluding carboxylic acids is 1. The Kier molecular flexibility index (Phi) is 6.97. The molecule has 0 bridgehead atoms. The molecule has 4 rings (SSSR count). The summed E-state index contributed by atoms with van der Waals surface area (Å²) in [6.45, 7) is 1.34. The van der Waals surface area contributed by atoms with Gasteiger partial charge in [0.05, 0.1) is 15.7 Å². The van der Waals surface area contributed by atoms with E-state index >= 15 is 0 Å². The molecule has 0 radical (unpaired) electrons. The van der Waals surface area contributed by atoms with E-state index in [1.807, 2.05) is 16.1 Å². The Hall–Kier alpha value is -3.26. The molecule has 1 aliphatic rings. The van der Waals surface area contributed by atoms with E-state index < -0.39 is 16.9 Å². The number of H-pyrrole nitrogens is 1. The van der Waals surface area contributed by atoms with Crippen molar-refractivity contribution in [2.75, 3.05) is 25.1 Å². The van der Waals surface area contributed by atoms with Gasteiger partial charge in [-0.3, -0.25) is 14.6 Å². The summed E-state index contributed by atoms with van der Waals surface area (Å²) >= 11 is 14.4. The lowest BCUT2D eigenvalue weighted by Gasteiger charge is -2.28. The molecule has 0 fully saturated rings. The Balaban J connectivity index is 1.62. The second-order valence-electron chi connectivity index (χ2n) is 7.33. The molecule has 9 nitrogen and oxygen atoms in total. The van der Waals surface area contributed by atoms with Gasteiger partial charge in [0.2, 0.25) is 5.69 Å². The molecular weight excluding hydrogens is 501 g/mol. The van der Waals surface area contributed by atoms with Crippen molar-refractivity contribution in [3.05, 3.63) is 78.0 Å². The minimum atomic E-state index is -0.890. The van der Waals surface area contributed by atoms with Crippen LogP contribution in [0.4, 0.5) is 0 Å². The van der Waals surface area contributed by atoms with Gasteiger partial charge in [-0.05, 0) is 48.6 Å². The predicted molar refractivity (Wildman–Crippen MR) is 130 cm³/mol. The summed E-state index contributed by atoms with van der Waals surface area (Å²) in [5.74, 6) is 1.48. The lowest BCUT2D eigenvalue weighted by Crippen LogP contribution is -2.38. The topological polar surface area (TPSA) is 121 Å². The number of aromatic nitrogens is 3. The van der Waals surface area contributed by atoms with Gasteiger partial charge in [0.1, 0.15) is 11.8 Å². The summed E-state index contributed by atoms with van der Waals surface area (Å²) in [5.41, 5.74) is -0.567. The third kappa shape index (κ3) is 4.68. The maximum atomic E-state index is 12.7. The van der Waals surface area contributed by atoms with Crippen molar-refractivity contribution in [1.29, 1.82) is 5.26 Å². The lowest BCUT2D eigenvalue weighted by atomic mass is 9.99. The van der Waals surface area contributed by atoms with Gasteiger partial charge in [-0.25, -0.2) is 4.79 Å². The van der Waals surface area contributed by atoms with Crippen LogP contribution in [0.3, 0.4) is 0 Å². The molecule has 12 heteroatoms. The van der Waals surface area contributed by atoms with Gasteiger partial charge in [-0.15, -0.1) is 5.10 Å². The number of nitriles is 1. The van der Waals surface area contributed by atoms with Gasteiger partial charge in [0.25, 0.3) is 11.5 Å². The number of nitrogens with one attached hydrogen (secondary N) is 1. The molecule has 1 aliphatic heterocycles. The molecule has 3 aromatic rings. The number of hydrogen-bond donors (Lipinski definition) is 1. The van der Waals surface area contributed by atoms with Crippen molar-refractivity contribution in [2.24, 2.45) is 0 Å². The van der Waals surface area contributed by atoms with Crippen LogP contribution >= 0.6 is 35.0 Å². The molecule has 34 heavy (non-hydrogen) atoms. The van der Waals surface area contributed by atoms with Crippen LogP contribution in [0, 0.1) is 11.3 Å². The molecule has 0 saturated heterocycles. The summed E-state index contributed by atoms with van der Waals surface area (Å²) in [5, 5.41) is 12.9. The maximum Gasteiger partial charge on any atom is 0.349 e. The number of amides is 1. The van der Waals surface area contributed by atoms with Crippen molar-refractivity contribution in [3.63, 3.8) is 0 Å². The van der Waals surface area contributed by atoms with E-state index in [4.69, 9.17) is 33.2 Å². The molecule has 2 heterocycles. The van der Waals surface area contributed by atoms with E-state index in [-0.39, 0.29) is 27.4 Å². The number of aromatic amines is 1. The van der Waals surface area contributed by atoms with E-state index in [2.05, 4.69) is 5.10 Å². The van der Waals surface area contributed by atoms with E-state index in [1.165, 1.54) is 12.1 Å². The van der Waals surface area contributed by atoms with Gasteiger partial charge >= 0.3 is 5.69 Å². The van der Waals surface area contributed by atoms with Crippen molar-refractivity contribution < 1.29 is 9.53 Å². The second-order valence-corrected chi connectivity index (χ2v) is 9.13. The Labute approximate surface area is 207 Å². The molecule has 2 aromatic carbocycles. The number of rotatable bonds is 6. The van der Waals surface area contributed by atoms with Gasteiger partial charge in [0, 0.05) is 24.4 Å². The number of nitrogens with zero attached hydrogens (tertiary/aromatic N) is 4. The Morgan fingerprint density at radius 1 is 1.21 bits per heavy atom. The third-order valence-electron chi connectivity index (χ3n) is 5.19. The largest absolute Gasteiger partial charge is 0.454 e.